The molecule has 0 amide bonds. The van der Waals surface area contributed by atoms with E-state index < -0.39 is 0 Å². The third kappa shape index (κ3) is 3.40. The molecule has 2 heterocycles. The Bertz CT molecular complexity index is 583. The molecule has 1 aliphatic rings. The Kier molecular flexibility index (Phi) is 3.95. The van der Waals surface area contributed by atoms with Gasteiger partial charge in [0.05, 0.1) is 0 Å². The fourth-order valence-corrected chi connectivity index (χ4v) is 2.87. The summed E-state index contributed by atoms with van der Waals surface area (Å²) in [5.41, 5.74) is 0.688. The van der Waals surface area contributed by atoms with Gasteiger partial charge in [-0.2, -0.15) is 4.98 Å². The Morgan fingerprint density at radius 3 is 2.95 bits per heavy atom. The molecule has 2 aromatic heterocycles. The van der Waals surface area contributed by atoms with Crippen LogP contribution in [0, 0.1) is 0 Å². The Balaban J connectivity index is 1.68. The summed E-state index contributed by atoms with van der Waals surface area (Å²) in [5, 5.41) is 7.38. The van der Waals surface area contributed by atoms with Crippen molar-refractivity contribution in [1.82, 2.24) is 20.4 Å². The number of hydrogen-bond acceptors (Lipinski definition) is 5. The van der Waals surface area contributed by atoms with Crippen LogP contribution in [0.5, 0.6) is 0 Å². The summed E-state index contributed by atoms with van der Waals surface area (Å²) in [4.78, 5) is 8.65. The number of hydrogen-bond donors (Lipinski definition) is 1. The third-order valence-corrected chi connectivity index (χ3v) is 3.88. The van der Waals surface area contributed by atoms with Gasteiger partial charge >= 0.3 is 0 Å². The molecule has 0 atom stereocenters. The lowest BCUT2D eigenvalue weighted by Crippen LogP contribution is -2.19. The molecule has 1 aliphatic carbocycles. The summed E-state index contributed by atoms with van der Waals surface area (Å²) in [6.07, 6.45) is 5.03. The fourth-order valence-electron chi connectivity index (χ4n) is 1.70. The second-order valence-corrected chi connectivity index (χ2v) is 6.24. The third-order valence-electron chi connectivity index (χ3n) is 2.84. The second kappa shape index (κ2) is 5.68. The van der Waals surface area contributed by atoms with Gasteiger partial charge in [0.15, 0.2) is 0 Å². The summed E-state index contributed by atoms with van der Waals surface area (Å²) in [5.74, 6) is 1.15. The van der Waals surface area contributed by atoms with Crippen LogP contribution in [0.1, 0.15) is 18.7 Å². The zero-order valence-electron chi connectivity index (χ0n) is 10.1. The van der Waals surface area contributed by atoms with Crippen molar-refractivity contribution in [3.8, 4) is 11.5 Å². The molecule has 0 aliphatic heterocycles. The van der Waals surface area contributed by atoms with Gasteiger partial charge in [0.1, 0.15) is 5.69 Å². The second-order valence-electron chi connectivity index (χ2n) is 4.47. The molecule has 0 spiro atoms. The predicted molar refractivity (Wildman–Crippen MR) is 77.7 cm³/mol. The van der Waals surface area contributed by atoms with E-state index >= 15 is 0 Å². The van der Waals surface area contributed by atoms with Gasteiger partial charge in [-0.25, -0.2) is 0 Å². The monoisotopic (exact) mass is 386 g/mol. The van der Waals surface area contributed by atoms with Crippen molar-refractivity contribution in [2.45, 2.75) is 25.3 Å². The SMILES string of the molecule is Brc1cnc(-c2noc(CCNC3CC3)n2)c(Br)c1. The lowest BCUT2D eigenvalue weighted by atomic mass is 10.3. The van der Waals surface area contributed by atoms with Crippen LogP contribution in [0.15, 0.2) is 25.7 Å². The van der Waals surface area contributed by atoms with Crippen molar-refractivity contribution < 1.29 is 4.52 Å². The fraction of sp³-hybridized carbons (Fsp3) is 0.417. The molecule has 0 aromatic carbocycles. The van der Waals surface area contributed by atoms with E-state index in [-0.39, 0.29) is 0 Å². The molecule has 0 saturated heterocycles. The van der Waals surface area contributed by atoms with Crippen molar-refractivity contribution in [1.29, 1.82) is 0 Å². The first-order valence-corrected chi connectivity index (χ1v) is 7.68. The molecular formula is C12H12Br2N4O. The number of aromatic nitrogens is 3. The van der Waals surface area contributed by atoms with Gasteiger partial charge in [0.2, 0.25) is 11.7 Å². The van der Waals surface area contributed by atoms with E-state index in [0.717, 1.165) is 21.9 Å². The minimum atomic E-state index is 0.515. The summed E-state index contributed by atoms with van der Waals surface area (Å²) in [6.45, 7) is 0.876. The highest BCUT2D eigenvalue weighted by Gasteiger charge is 2.20. The van der Waals surface area contributed by atoms with Crippen LogP contribution in [-0.2, 0) is 6.42 Å². The number of nitrogens with zero attached hydrogens (tertiary/aromatic N) is 3. The van der Waals surface area contributed by atoms with E-state index in [2.05, 4.69) is 52.3 Å². The molecule has 7 heteroatoms. The number of rotatable bonds is 5. The van der Waals surface area contributed by atoms with E-state index in [1.165, 1.54) is 12.8 Å². The maximum absolute atomic E-state index is 5.23. The molecule has 1 N–H and O–H groups in total. The van der Waals surface area contributed by atoms with Crippen LogP contribution < -0.4 is 5.32 Å². The van der Waals surface area contributed by atoms with Gasteiger partial charge in [-0.05, 0) is 50.8 Å². The van der Waals surface area contributed by atoms with Crippen molar-refractivity contribution in [3.05, 3.63) is 27.1 Å². The van der Waals surface area contributed by atoms with E-state index in [9.17, 15) is 0 Å². The Labute approximate surface area is 127 Å². The minimum absolute atomic E-state index is 0.515. The average Bonchev–Trinajstić information content (AvgIpc) is 3.07. The van der Waals surface area contributed by atoms with Crippen molar-refractivity contribution in [2.24, 2.45) is 0 Å². The lowest BCUT2D eigenvalue weighted by Gasteiger charge is -1.98. The number of nitrogens with one attached hydrogen (secondary N) is 1. The van der Waals surface area contributed by atoms with E-state index in [1.807, 2.05) is 6.07 Å². The Morgan fingerprint density at radius 2 is 2.21 bits per heavy atom. The van der Waals surface area contributed by atoms with Gasteiger partial charge in [0.25, 0.3) is 0 Å². The standard InChI is InChI=1S/C12H12Br2N4O/c13-7-5-9(14)11(16-6-7)12-17-10(19-18-12)3-4-15-8-1-2-8/h5-6,8,15H,1-4H2. The summed E-state index contributed by atoms with van der Waals surface area (Å²) < 4.78 is 6.97. The van der Waals surface area contributed by atoms with Crippen LogP contribution in [0.2, 0.25) is 0 Å². The molecule has 3 rings (SSSR count). The molecule has 2 aromatic rings. The van der Waals surface area contributed by atoms with Crippen LogP contribution in [0.3, 0.4) is 0 Å². The molecule has 1 fully saturated rings. The minimum Gasteiger partial charge on any atom is -0.339 e. The zero-order chi connectivity index (χ0) is 13.2. The lowest BCUT2D eigenvalue weighted by molar-refractivity contribution is 0.376. The highest BCUT2D eigenvalue weighted by atomic mass is 79.9. The largest absolute Gasteiger partial charge is 0.339 e. The maximum Gasteiger partial charge on any atom is 0.228 e. The molecule has 1 saturated carbocycles. The quantitative estimate of drug-likeness (QED) is 0.854. The molecule has 0 radical (unpaired) electrons. The Hall–Kier alpha value is -0.790. The topological polar surface area (TPSA) is 63.8 Å². The molecule has 100 valence electrons. The van der Waals surface area contributed by atoms with Crippen LogP contribution >= 0.6 is 31.9 Å². The van der Waals surface area contributed by atoms with Gasteiger partial charge in [0, 0.05) is 34.1 Å². The van der Waals surface area contributed by atoms with E-state index in [0.29, 0.717) is 23.5 Å². The first kappa shape index (κ1) is 13.2. The van der Waals surface area contributed by atoms with Crippen molar-refractivity contribution in [3.63, 3.8) is 0 Å². The van der Waals surface area contributed by atoms with Gasteiger partial charge in [-0.1, -0.05) is 5.16 Å². The summed E-state index contributed by atoms with van der Waals surface area (Å²) in [6, 6.07) is 2.61. The summed E-state index contributed by atoms with van der Waals surface area (Å²) >= 11 is 6.81. The van der Waals surface area contributed by atoms with Crippen LogP contribution in [-0.4, -0.2) is 27.7 Å². The molecule has 19 heavy (non-hydrogen) atoms. The number of pyridine rings is 1. The van der Waals surface area contributed by atoms with E-state index in [4.69, 9.17) is 4.52 Å². The smallest absolute Gasteiger partial charge is 0.228 e. The van der Waals surface area contributed by atoms with Gasteiger partial charge in [-0.15, -0.1) is 0 Å². The van der Waals surface area contributed by atoms with Gasteiger partial charge < -0.3 is 9.84 Å². The zero-order valence-corrected chi connectivity index (χ0v) is 13.2. The first-order valence-electron chi connectivity index (χ1n) is 6.10. The number of halogens is 2. The molecule has 5 nitrogen and oxygen atoms in total. The van der Waals surface area contributed by atoms with E-state index in [1.54, 1.807) is 6.20 Å². The highest BCUT2D eigenvalue weighted by molar-refractivity contribution is 9.11. The van der Waals surface area contributed by atoms with Gasteiger partial charge in [-0.3, -0.25) is 4.98 Å². The van der Waals surface area contributed by atoms with Crippen LogP contribution in [0.4, 0.5) is 0 Å². The normalized spacial score (nSPS) is 14.8. The van der Waals surface area contributed by atoms with Crippen LogP contribution in [0.25, 0.3) is 11.5 Å². The highest BCUT2D eigenvalue weighted by Crippen LogP contribution is 2.26. The molecule has 0 unspecified atom stereocenters. The van der Waals surface area contributed by atoms with Crippen molar-refractivity contribution >= 4 is 31.9 Å². The summed E-state index contributed by atoms with van der Waals surface area (Å²) in [7, 11) is 0. The molecule has 0 bridgehead atoms. The molecular weight excluding hydrogens is 376 g/mol. The first-order chi connectivity index (χ1) is 9.22. The predicted octanol–water partition coefficient (Wildman–Crippen LogP) is 2.95. The maximum atomic E-state index is 5.23. The average molecular weight is 388 g/mol. The van der Waals surface area contributed by atoms with Crippen molar-refractivity contribution in [2.75, 3.05) is 6.54 Å². The Morgan fingerprint density at radius 1 is 1.37 bits per heavy atom.